The maximum atomic E-state index is 13.4. The molecule has 4 rings (SSSR count). The summed E-state index contributed by atoms with van der Waals surface area (Å²) in [5.74, 6) is 1.30. The van der Waals surface area contributed by atoms with Gasteiger partial charge >= 0.3 is 0 Å². The van der Waals surface area contributed by atoms with Crippen LogP contribution in [-0.4, -0.2) is 55.5 Å². The number of carbonyl (C=O) groups excluding carboxylic acids is 1. The number of nitrogens with zero attached hydrogens (tertiary/aromatic N) is 2. The van der Waals surface area contributed by atoms with Crippen molar-refractivity contribution in [2.75, 3.05) is 34.5 Å². The van der Waals surface area contributed by atoms with E-state index in [2.05, 4.69) is 26.1 Å². The van der Waals surface area contributed by atoms with Crippen LogP contribution in [0.1, 0.15) is 34.1 Å². The van der Waals surface area contributed by atoms with E-state index in [1.54, 1.807) is 21.3 Å². The molecule has 1 N–H and O–H groups in total. The van der Waals surface area contributed by atoms with E-state index >= 15 is 0 Å². The van der Waals surface area contributed by atoms with E-state index in [1.807, 2.05) is 47.4 Å². The van der Waals surface area contributed by atoms with Gasteiger partial charge in [0.25, 0.3) is 5.91 Å². The van der Waals surface area contributed by atoms with Gasteiger partial charge in [0.1, 0.15) is 17.2 Å². The number of amides is 1. The number of H-pyrrole nitrogens is 1. The number of benzene rings is 2. The number of ether oxygens (including phenoxy) is 3. The van der Waals surface area contributed by atoms with Gasteiger partial charge in [-0.25, -0.2) is 0 Å². The van der Waals surface area contributed by atoms with Crippen LogP contribution in [-0.2, 0) is 4.74 Å². The molecule has 1 amide bonds. The lowest BCUT2D eigenvalue weighted by molar-refractivity contribution is 0.0721. The van der Waals surface area contributed by atoms with Crippen LogP contribution in [0.3, 0.4) is 0 Å². The molecular formula is C23H24BrN3O4. The van der Waals surface area contributed by atoms with Gasteiger partial charge in [-0.15, -0.1) is 0 Å². The van der Waals surface area contributed by atoms with Crippen LogP contribution in [0, 0.1) is 0 Å². The summed E-state index contributed by atoms with van der Waals surface area (Å²) in [4.78, 5) is 15.2. The monoisotopic (exact) mass is 485 g/mol. The average Bonchev–Trinajstić information content (AvgIpc) is 3.33. The van der Waals surface area contributed by atoms with E-state index in [0.717, 1.165) is 33.3 Å². The summed E-state index contributed by atoms with van der Waals surface area (Å²) in [5.41, 5.74) is 3.88. The summed E-state index contributed by atoms with van der Waals surface area (Å²) >= 11 is 3.48. The van der Waals surface area contributed by atoms with Crippen molar-refractivity contribution in [1.82, 2.24) is 15.1 Å². The van der Waals surface area contributed by atoms with Crippen LogP contribution in [0.4, 0.5) is 0 Å². The SMILES string of the molecule is COCCCN1C(=O)c2[nH]nc(-c3ccc(Br)cc3)c2C1c1cc(OC)ccc1OC. The highest BCUT2D eigenvalue weighted by atomic mass is 79.9. The number of fused-ring (bicyclic) bond motifs is 1. The number of halogens is 1. The molecule has 1 aliphatic rings. The van der Waals surface area contributed by atoms with Gasteiger partial charge in [0, 0.05) is 41.4 Å². The Hall–Kier alpha value is -2.84. The first-order chi connectivity index (χ1) is 15.1. The maximum Gasteiger partial charge on any atom is 0.273 e. The standard InChI is InChI=1S/C23H24BrN3O4/c1-29-12-4-11-27-22(17-13-16(30-2)9-10-18(17)31-3)19-20(25-26-21(19)23(27)28)14-5-7-15(24)8-6-14/h5-10,13,22H,4,11-12H2,1-3H3,(H,25,26). The molecule has 1 unspecified atom stereocenters. The molecule has 0 saturated carbocycles. The van der Waals surface area contributed by atoms with Crippen LogP contribution in [0.2, 0.25) is 0 Å². The van der Waals surface area contributed by atoms with E-state index in [9.17, 15) is 4.79 Å². The molecule has 8 heteroatoms. The van der Waals surface area contributed by atoms with Crippen LogP contribution >= 0.6 is 15.9 Å². The predicted molar refractivity (Wildman–Crippen MR) is 121 cm³/mol. The number of carbonyl (C=O) groups is 1. The molecule has 1 atom stereocenters. The first-order valence-electron chi connectivity index (χ1n) is 9.95. The molecule has 0 radical (unpaired) electrons. The second-order valence-corrected chi connectivity index (χ2v) is 8.14. The van der Waals surface area contributed by atoms with Gasteiger partial charge in [-0.1, -0.05) is 28.1 Å². The number of aromatic amines is 1. The van der Waals surface area contributed by atoms with Crippen molar-refractivity contribution in [2.24, 2.45) is 0 Å². The second kappa shape index (κ2) is 9.11. The highest BCUT2D eigenvalue weighted by Crippen LogP contribution is 2.46. The summed E-state index contributed by atoms with van der Waals surface area (Å²) in [6.07, 6.45) is 0.719. The molecule has 162 valence electrons. The Morgan fingerprint density at radius 2 is 1.87 bits per heavy atom. The number of rotatable bonds is 8. The van der Waals surface area contributed by atoms with Gasteiger partial charge in [-0.2, -0.15) is 5.10 Å². The number of nitrogens with one attached hydrogen (secondary N) is 1. The average molecular weight is 486 g/mol. The molecule has 2 aromatic carbocycles. The third kappa shape index (κ3) is 3.93. The van der Waals surface area contributed by atoms with Crippen molar-refractivity contribution in [1.29, 1.82) is 0 Å². The van der Waals surface area contributed by atoms with Gasteiger partial charge < -0.3 is 19.1 Å². The molecule has 0 spiro atoms. The first kappa shape index (κ1) is 21.4. The lowest BCUT2D eigenvalue weighted by Gasteiger charge is -2.27. The Balaban J connectivity index is 1.88. The van der Waals surface area contributed by atoms with Gasteiger partial charge in [-0.05, 0) is 36.8 Å². The highest BCUT2D eigenvalue weighted by molar-refractivity contribution is 9.10. The van der Waals surface area contributed by atoms with Gasteiger partial charge in [0.05, 0.1) is 26.0 Å². The van der Waals surface area contributed by atoms with Crippen molar-refractivity contribution in [2.45, 2.75) is 12.5 Å². The molecule has 0 aliphatic carbocycles. The zero-order valence-electron chi connectivity index (χ0n) is 17.6. The first-order valence-corrected chi connectivity index (χ1v) is 10.7. The molecule has 1 aromatic heterocycles. The Morgan fingerprint density at radius 1 is 1.10 bits per heavy atom. The highest BCUT2D eigenvalue weighted by Gasteiger charge is 2.43. The normalized spacial score (nSPS) is 15.3. The summed E-state index contributed by atoms with van der Waals surface area (Å²) in [6.45, 7) is 1.11. The van der Waals surface area contributed by atoms with Crippen LogP contribution < -0.4 is 9.47 Å². The lowest BCUT2D eigenvalue weighted by atomic mass is 9.95. The maximum absolute atomic E-state index is 13.4. The van der Waals surface area contributed by atoms with Gasteiger partial charge in [0.2, 0.25) is 0 Å². The fourth-order valence-electron chi connectivity index (χ4n) is 4.01. The van der Waals surface area contributed by atoms with Crippen LogP contribution in [0.25, 0.3) is 11.3 Å². The number of hydrogen-bond acceptors (Lipinski definition) is 5. The summed E-state index contributed by atoms with van der Waals surface area (Å²) in [6, 6.07) is 13.2. The fraction of sp³-hybridized carbons (Fsp3) is 0.304. The lowest BCUT2D eigenvalue weighted by Crippen LogP contribution is -2.31. The summed E-state index contributed by atoms with van der Waals surface area (Å²) in [5, 5.41) is 7.49. The minimum absolute atomic E-state index is 0.0863. The Labute approximate surface area is 189 Å². The molecule has 1 aliphatic heterocycles. The third-order valence-corrected chi connectivity index (χ3v) is 5.99. The fourth-order valence-corrected chi connectivity index (χ4v) is 4.28. The Morgan fingerprint density at radius 3 is 2.55 bits per heavy atom. The third-order valence-electron chi connectivity index (χ3n) is 5.46. The zero-order valence-corrected chi connectivity index (χ0v) is 19.2. The summed E-state index contributed by atoms with van der Waals surface area (Å²) in [7, 11) is 4.91. The number of hydrogen-bond donors (Lipinski definition) is 1. The molecule has 2 heterocycles. The smallest absolute Gasteiger partial charge is 0.273 e. The van der Waals surface area contributed by atoms with E-state index in [0.29, 0.717) is 30.3 Å². The second-order valence-electron chi connectivity index (χ2n) is 7.22. The molecule has 0 bridgehead atoms. The quantitative estimate of drug-likeness (QED) is 0.477. The van der Waals surface area contributed by atoms with E-state index in [4.69, 9.17) is 14.2 Å². The van der Waals surface area contributed by atoms with Crippen LogP contribution in [0.15, 0.2) is 46.9 Å². The minimum Gasteiger partial charge on any atom is -0.497 e. The molecular weight excluding hydrogens is 462 g/mol. The molecule has 31 heavy (non-hydrogen) atoms. The topological polar surface area (TPSA) is 76.7 Å². The molecule has 0 fully saturated rings. The van der Waals surface area contributed by atoms with Crippen molar-refractivity contribution in [3.8, 4) is 22.8 Å². The summed E-state index contributed by atoms with van der Waals surface area (Å²) < 4.78 is 17.3. The van der Waals surface area contributed by atoms with Crippen molar-refractivity contribution < 1.29 is 19.0 Å². The molecule has 0 saturated heterocycles. The van der Waals surface area contributed by atoms with Gasteiger partial charge in [-0.3, -0.25) is 9.89 Å². The minimum atomic E-state index is -0.359. The number of methoxy groups -OCH3 is 3. The Bertz CT molecular complexity index is 1080. The number of aromatic nitrogens is 2. The van der Waals surface area contributed by atoms with Crippen molar-refractivity contribution in [3.05, 3.63) is 63.8 Å². The van der Waals surface area contributed by atoms with E-state index < -0.39 is 0 Å². The predicted octanol–water partition coefficient (Wildman–Crippen LogP) is 4.44. The zero-order chi connectivity index (χ0) is 22.0. The van der Waals surface area contributed by atoms with Crippen LogP contribution in [0.5, 0.6) is 11.5 Å². The van der Waals surface area contributed by atoms with Crippen molar-refractivity contribution >= 4 is 21.8 Å². The Kier molecular flexibility index (Phi) is 6.29. The molecule has 3 aromatic rings. The molecule has 7 nitrogen and oxygen atoms in total. The van der Waals surface area contributed by atoms with E-state index in [-0.39, 0.29) is 11.9 Å². The van der Waals surface area contributed by atoms with Crippen molar-refractivity contribution in [3.63, 3.8) is 0 Å². The van der Waals surface area contributed by atoms with Gasteiger partial charge in [0.15, 0.2) is 0 Å². The van der Waals surface area contributed by atoms with E-state index in [1.165, 1.54) is 0 Å². The largest absolute Gasteiger partial charge is 0.497 e.